The van der Waals surface area contributed by atoms with E-state index in [1.807, 2.05) is 19.9 Å². The van der Waals surface area contributed by atoms with Gasteiger partial charge in [0.15, 0.2) is 0 Å². The molecule has 1 amide bonds. The minimum Gasteiger partial charge on any atom is -0.494 e. The zero-order valence-corrected chi connectivity index (χ0v) is 13.8. The van der Waals surface area contributed by atoms with Crippen LogP contribution in [-0.2, 0) is 4.79 Å². The number of aryl methyl sites for hydroxylation is 1. The van der Waals surface area contributed by atoms with E-state index in [1.54, 1.807) is 42.5 Å². The number of amides is 1. The lowest BCUT2D eigenvalue weighted by atomic mass is 10.0. The van der Waals surface area contributed by atoms with Crippen molar-refractivity contribution in [1.29, 1.82) is 0 Å². The molecule has 2 N–H and O–H groups in total. The molecule has 0 aliphatic heterocycles. The summed E-state index contributed by atoms with van der Waals surface area (Å²) in [5.74, 6) is -0.558. The Morgan fingerprint density at radius 1 is 1.17 bits per heavy atom. The summed E-state index contributed by atoms with van der Waals surface area (Å²) >= 11 is 0. The molecule has 2 rings (SSSR count). The van der Waals surface area contributed by atoms with E-state index in [9.17, 15) is 9.59 Å². The first-order valence-electron chi connectivity index (χ1n) is 7.81. The average Bonchev–Trinajstić information content (AvgIpc) is 2.55. The highest BCUT2D eigenvalue weighted by Gasteiger charge is 2.19. The van der Waals surface area contributed by atoms with E-state index in [1.165, 1.54) is 0 Å². The molecule has 126 valence electrons. The van der Waals surface area contributed by atoms with Crippen LogP contribution >= 0.6 is 0 Å². The van der Waals surface area contributed by atoms with Crippen molar-refractivity contribution in [2.24, 2.45) is 0 Å². The summed E-state index contributed by atoms with van der Waals surface area (Å²) in [5, 5.41) is 11.9. The van der Waals surface area contributed by atoms with Gasteiger partial charge in [0, 0.05) is 5.56 Å². The predicted molar refractivity (Wildman–Crippen MR) is 91.3 cm³/mol. The number of benzene rings is 2. The molecule has 1 unspecified atom stereocenters. The van der Waals surface area contributed by atoms with Crippen LogP contribution in [0.1, 0.15) is 40.9 Å². The maximum absolute atomic E-state index is 12.4. The highest BCUT2D eigenvalue weighted by Crippen LogP contribution is 2.21. The van der Waals surface area contributed by atoms with Crippen LogP contribution in [0.15, 0.2) is 48.5 Å². The van der Waals surface area contributed by atoms with Crippen molar-refractivity contribution < 1.29 is 19.4 Å². The molecule has 2 aromatic carbocycles. The van der Waals surface area contributed by atoms with Gasteiger partial charge in [-0.1, -0.05) is 29.8 Å². The molecule has 0 bridgehead atoms. The molecule has 24 heavy (non-hydrogen) atoms. The zero-order valence-electron chi connectivity index (χ0n) is 13.8. The van der Waals surface area contributed by atoms with Crippen LogP contribution in [0.25, 0.3) is 0 Å². The first-order valence-corrected chi connectivity index (χ1v) is 7.81. The first kappa shape index (κ1) is 17.5. The lowest BCUT2D eigenvalue weighted by molar-refractivity contribution is -0.137. The van der Waals surface area contributed by atoms with Crippen molar-refractivity contribution in [3.8, 4) is 5.75 Å². The number of hydrogen-bond donors (Lipinski definition) is 2. The van der Waals surface area contributed by atoms with Gasteiger partial charge in [-0.05, 0) is 43.7 Å². The topological polar surface area (TPSA) is 75.6 Å². The van der Waals surface area contributed by atoms with E-state index in [2.05, 4.69) is 5.32 Å². The molecular weight excluding hydrogens is 306 g/mol. The second kappa shape index (κ2) is 8.15. The lowest BCUT2D eigenvalue weighted by Gasteiger charge is -2.18. The van der Waals surface area contributed by atoms with Gasteiger partial charge in [0.25, 0.3) is 5.91 Å². The fourth-order valence-corrected chi connectivity index (χ4v) is 2.42. The van der Waals surface area contributed by atoms with Crippen LogP contribution in [0.3, 0.4) is 0 Å². The van der Waals surface area contributed by atoms with Crippen LogP contribution in [-0.4, -0.2) is 23.6 Å². The van der Waals surface area contributed by atoms with E-state index >= 15 is 0 Å². The summed E-state index contributed by atoms with van der Waals surface area (Å²) in [5.41, 5.74) is 2.21. The first-order chi connectivity index (χ1) is 11.5. The smallest absolute Gasteiger partial charge is 0.305 e. The molecule has 0 aromatic heterocycles. The molecule has 5 heteroatoms. The third-order valence-electron chi connectivity index (χ3n) is 3.56. The van der Waals surface area contributed by atoms with Crippen molar-refractivity contribution in [3.63, 3.8) is 0 Å². The van der Waals surface area contributed by atoms with Gasteiger partial charge < -0.3 is 15.2 Å². The highest BCUT2D eigenvalue weighted by atomic mass is 16.5. The summed E-state index contributed by atoms with van der Waals surface area (Å²) in [4.78, 5) is 23.6. The molecule has 2 aromatic rings. The molecule has 0 aliphatic carbocycles. The minimum absolute atomic E-state index is 0.189. The molecular formula is C19H21NO4. The largest absolute Gasteiger partial charge is 0.494 e. The zero-order chi connectivity index (χ0) is 17.5. The van der Waals surface area contributed by atoms with Crippen LogP contribution in [0.4, 0.5) is 0 Å². The van der Waals surface area contributed by atoms with Crippen LogP contribution < -0.4 is 10.1 Å². The van der Waals surface area contributed by atoms with Crippen LogP contribution in [0.5, 0.6) is 5.75 Å². The molecule has 0 radical (unpaired) electrons. The number of hydrogen-bond acceptors (Lipinski definition) is 3. The second-order valence-corrected chi connectivity index (χ2v) is 5.50. The Kier molecular flexibility index (Phi) is 5.95. The minimum atomic E-state index is -0.974. The average molecular weight is 327 g/mol. The number of carbonyl (C=O) groups is 2. The Bertz CT molecular complexity index is 710. The summed E-state index contributed by atoms with van der Waals surface area (Å²) in [6, 6.07) is 13.7. The van der Waals surface area contributed by atoms with Crippen LogP contribution in [0, 0.1) is 6.92 Å². The molecule has 0 fully saturated rings. The Morgan fingerprint density at radius 3 is 2.46 bits per heavy atom. The molecule has 0 aliphatic rings. The number of rotatable bonds is 7. The standard InChI is InChI=1S/C19H21NO4/c1-3-24-16-9-7-14(8-10-16)17(12-18(21)22)20-19(23)15-6-4-5-13(2)11-15/h4-11,17H,3,12H2,1-2H3,(H,20,23)(H,21,22). The Hall–Kier alpha value is -2.82. The summed E-state index contributed by atoms with van der Waals surface area (Å²) in [6.07, 6.45) is -0.189. The van der Waals surface area contributed by atoms with E-state index in [0.717, 1.165) is 11.1 Å². The van der Waals surface area contributed by atoms with Gasteiger partial charge >= 0.3 is 5.97 Å². The van der Waals surface area contributed by atoms with E-state index in [4.69, 9.17) is 9.84 Å². The van der Waals surface area contributed by atoms with Crippen molar-refractivity contribution in [2.75, 3.05) is 6.61 Å². The Labute approximate surface area is 141 Å². The maximum atomic E-state index is 12.4. The summed E-state index contributed by atoms with van der Waals surface area (Å²) in [7, 11) is 0. The number of aliphatic carboxylic acids is 1. The molecule has 5 nitrogen and oxygen atoms in total. The lowest BCUT2D eigenvalue weighted by Crippen LogP contribution is -2.30. The van der Waals surface area contributed by atoms with Gasteiger partial charge in [0.1, 0.15) is 5.75 Å². The number of carboxylic acid groups (broad SMARTS) is 1. The predicted octanol–water partition coefficient (Wildman–Crippen LogP) is 3.34. The van der Waals surface area contributed by atoms with E-state index < -0.39 is 12.0 Å². The van der Waals surface area contributed by atoms with Gasteiger partial charge in [0.2, 0.25) is 0 Å². The van der Waals surface area contributed by atoms with Gasteiger partial charge in [-0.25, -0.2) is 0 Å². The normalized spacial score (nSPS) is 11.6. The quantitative estimate of drug-likeness (QED) is 0.818. The number of carbonyl (C=O) groups excluding carboxylic acids is 1. The fraction of sp³-hybridized carbons (Fsp3) is 0.263. The van der Waals surface area contributed by atoms with Gasteiger partial charge in [-0.3, -0.25) is 9.59 Å². The number of carboxylic acids is 1. The van der Waals surface area contributed by atoms with Crippen LogP contribution in [0.2, 0.25) is 0 Å². The molecule has 0 saturated carbocycles. The van der Waals surface area contributed by atoms with Gasteiger partial charge in [-0.15, -0.1) is 0 Å². The molecule has 0 saturated heterocycles. The third-order valence-corrected chi connectivity index (χ3v) is 3.56. The maximum Gasteiger partial charge on any atom is 0.305 e. The molecule has 1 atom stereocenters. The van der Waals surface area contributed by atoms with Crippen molar-refractivity contribution in [2.45, 2.75) is 26.3 Å². The molecule has 0 heterocycles. The highest BCUT2D eigenvalue weighted by molar-refractivity contribution is 5.94. The van der Waals surface area contributed by atoms with Crippen molar-refractivity contribution in [3.05, 3.63) is 65.2 Å². The van der Waals surface area contributed by atoms with Crippen molar-refractivity contribution >= 4 is 11.9 Å². The van der Waals surface area contributed by atoms with Gasteiger partial charge in [-0.2, -0.15) is 0 Å². The number of ether oxygens (including phenoxy) is 1. The Balaban J connectivity index is 2.18. The molecule has 0 spiro atoms. The summed E-state index contributed by atoms with van der Waals surface area (Å²) in [6.45, 7) is 4.35. The third kappa shape index (κ3) is 4.84. The van der Waals surface area contributed by atoms with E-state index in [-0.39, 0.29) is 12.3 Å². The monoisotopic (exact) mass is 327 g/mol. The second-order valence-electron chi connectivity index (χ2n) is 5.50. The van der Waals surface area contributed by atoms with E-state index in [0.29, 0.717) is 17.9 Å². The van der Waals surface area contributed by atoms with Gasteiger partial charge in [0.05, 0.1) is 19.1 Å². The SMILES string of the molecule is CCOc1ccc(C(CC(=O)O)NC(=O)c2cccc(C)c2)cc1. The van der Waals surface area contributed by atoms with Crippen molar-refractivity contribution in [1.82, 2.24) is 5.32 Å². The Morgan fingerprint density at radius 2 is 1.88 bits per heavy atom. The number of nitrogens with one attached hydrogen (secondary N) is 1. The fourth-order valence-electron chi connectivity index (χ4n) is 2.42. The summed E-state index contributed by atoms with van der Waals surface area (Å²) < 4.78 is 5.38.